The van der Waals surface area contributed by atoms with Crippen molar-refractivity contribution in [2.45, 2.75) is 19.9 Å². The molecule has 7 nitrogen and oxygen atoms in total. The molecule has 2 rings (SSSR count). The molecule has 1 heterocycles. The molecule has 22 heavy (non-hydrogen) atoms. The van der Waals surface area contributed by atoms with Gasteiger partial charge >= 0.3 is 0 Å². The molecule has 0 amide bonds. The number of benzene rings is 1. The van der Waals surface area contributed by atoms with Crippen molar-refractivity contribution in [1.82, 2.24) is 9.97 Å². The molecular weight excluding hydrogens is 282 g/mol. The Morgan fingerprint density at radius 2 is 1.82 bits per heavy atom. The Hall–Kier alpha value is -2.70. The van der Waals surface area contributed by atoms with E-state index in [4.69, 9.17) is 15.2 Å². The summed E-state index contributed by atoms with van der Waals surface area (Å²) < 4.78 is 10.5. The van der Waals surface area contributed by atoms with E-state index in [1.807, 2.05) is 26.0 Å². The molecule has 0 aliphatic heterocycles. The van der Waals surface area contributed by atoms with Crippen molar-refractivity contribution in [2.24, 2.45) is 0 Å². The molecule has 1 aromatic heterocycles. The third-order valence-electron chi connectivity index (χ3n) is 2.97. The first-order chi connectivity index (χ1) is 10.5. The number of nitrogens with zero attached hydrogens (tertiary/aromatic N) is 2. The summed E-state index contributed by atoms with van der Waals surface area (Å²) in [4.78, 5) is 8.34. The van der Waals surface area contributed by atoms with Gasteiger partial charge in [-0.2, -0.15) is 0 Å². The molecule has 0 bridgehead atoms. The zero-order chi connectivity index (χ0) is 16.1. The van der Waals surface area contributed by atoms with Crippen molar-refractivity contribution in [2.75, 3.05) is 30.6 Å². The number of nitrogens with one attached hydrogen (secondary N) is 2. The van der Waals surface area contributed by atoms with E-state index >= 15 is 0 Å². The van der Waals surface area contributed by atoms with Crippen LogP contribution in [0.25, 0.3) is 0 Å². The van der Waals surface area contributed by atoms with Gasteiger partial charge in [-0.25, -0.2) is 9.97 Å². The molecular formula is C15H21N5O2. The Balaban J connectivity index is 2.31. The monoisotopic (exact) mass is 303 g/mol. The van der Waals surface area contributed by atoms with Crippen molar-refractivity contribution in [1.29, 1.82) is 0 Å². The van der Waals surface area contributed by atoms with E-state index in [0.29, 0.717) is 28.8 Å². The molecule has 0 aliphatic carbocycles. The number of anilines is 4. The van der Waals surface area contributed by atoms with Gasteiger partial charge in [0.2, 0.25) is 0 Å². The van der Waals surface area contributed by atoms with Crippen LogP contribution in [0.3, 0.4) is 0 Å². The third kappa shape index (κ3) is 3.49. The van der Waals surface area contributed by atoms with Crippen LogP contribution in [0.15, 0.2) is 24.5 Å². The first-order valence-electron chi connectivity index (χ1n) is 6.91. The predicted molar refractivity (Wildman–Crippen MR) is 88.0 cm³/mol. The minimum atomic E-state index is 0.223. The Labute approximate surface area is 129 Å². The Kier molecular flexibility index (Phi) is 4.88. The lowest BCUT2D eigenvalue weighted by Gasteiger charge is -2.16. The van der Waals surface area contributed by atoms with Gasteiger partial charge in [0.05, 0.1) is 19.9 Å². The molecule has 0 radical (unpaired) electrons. The number of methoxy groups -OCH3 is 2. The fourth-order valence-electron chi connectivity index (χ4n) is 1.91. The molecule has 0 fully saturated rings. The second-order valence-corrected chi connectivity index (χ2v) is 4.97. The van der Waals surface area contributed by atoms with Crippen LogP contribution in [0.2, 0.25) is 0 Å². The lowest BCUT2D eigenvalue weighted by atomic mass is 10.2. The van der Waals surface area contributed by atoms with Crippen molar-refractivity contribution in [3.8, 4) is 11.5 Å². The highest BCUT2D eigenvalue weighted by Gasteiger charge is 2.12. The second-order valence-electron chi connectivity index (χ2n) is 4.97. The molecule has 0 saturated carbocycles. The Morgan fingerprint density at radius 3 is 2.45 bits per heavy atom. The van der Waals surface area contributed by atoms with Gasteiger partial charge in [-0.3, -0.25) is 0 Å². The normalized spacial score (nSPS) is 10.4. The molecule has 0 saturated heterocycles. The number of nitrogens with two attached hydrogens (primary N) is 1. The number of hydrogen-bond donors (Lipinski definition) is 3. The maximum absolute atomic E-state index is 6.11. The average Bonchev–Trinajstić information content (AvgIpc) is 2.51. The van der Waals surface area contributed by atoms with E-state index in [1.54, 1.807) is 20.3 Å². The van der Waals surface area contributed by atoms with Crippen LogP contribution in [-0.4, -0.2) is 30.2 Å². The maximum atomic E-state index is 6.11. The van der Waals surface area contributed by atoms with Crippen LogP contribution in [0.1, 0.15) is 13.8 Å². The fraction of sp³-hybridized carbons (Fsp3) is 0.333. The van der Waals surface area contributed by atoms with E-state index in [1.165, 1.54) is 6.33 Å². The van der Waals surface area contributed by atoms with E-state index in [0.717, 1.165) is 5.69 Å². The Bertz CT molecular complexity index is 646. The standard InChI is InChI=1S/C15H21N5O2/c1-9(2)19-14-13(16)15(18-8-17-14)20-11-6-5-10(21-3)7-12(11)22-4/h5-9H,16H2,1-4H3,(H2,17,18,19,20). The van der Waals surface area contributed by atoms with Gasteiger partial charge in [-0.1, -0.05) is 0 Å². The number of rotatable bonds is 6. The average molecular weight is 303 g/mol. The second kappa shape index (κ2) is 6.84. The minimum absolute atomic E-state index is 0.223. The van der Waals surface area contributed by atoms with Gasteiger partial charge < -0.3 is 25.8 Å². The van der Waals surface area contributed by atoms with E-state index < -0.39 is 0 Å². The van der Waals surface area contributed by atoms with Crippen molar-refractivity contribution < 1.29 is 9.47 Å². The van der Waals surface area contributed by atoms with Gasteiger partial charge in [-0.15, -0.1) is 0 Å². The lowest BCUT2D eigenvalue weighted by molar-refractivity contribution is 0.395. The van der Waals surface area contributed by atoms with Gasteiger partial charge in [0.1, 0.15) is 23.5 Å². The molecule has 7 heteroatoms. The van der Waals surface area contributed by atoms with Crippen LogP contribution in [-0.2, 0) is 0 Å². The predicted octanol–water partition coefficient (Wildman–Crippen LogP) is 2.64. The summed E-state index contributed by atoms with van der Waals surface area (Å²) in [6, 6.07) is 5.68. The molecule has 0 atom stereocenters. The SMILES string of the molecule is COc1ccc(Nc2ncnc(NC(C)C)c2N)c(OC)c1. The lowest BCUT2D eigenvalue weighted by Crippen LogP contribution is -2.14. The van der Waals surface area contributed by atoms with Crippen LogP contribution in [0, 0.1) is 0 Å². The van der Waals surface area contributed by atoms with Crippen LogP contribution in [0.5, 0.6) is 11.5 Å². The molecule has 4 N–H and O–H groups in total. The van der Waals surface area contributed by atoms with Gasteiger partial charge in [0.25, 0.3) is 0 Å². The number of hydrogen-bond acceptors (Lipinski definition) is 7. The topological polar surface area (TPSA) is 94.3 Å². The molecule has 0 aliphatic rings. The highest BCUT2D eigenvalue weighted by atomic mass is 16.5. The summed E-state index contributed by atoms with van der Waals surface area (Å²) in [5.41, 5.74) is 7.30. The van der Waals surface area contributed by atoms with Crippen LogP contribution < -0.4 is 25.8 Å². The zero-order valence-electron chi connectivity index (χ0n) is 13.2. The number of nitrogen functional groups attached to an aromatic ring is 1. The maximum Gasteiger partial charge on any atom is 0.159 e. The highest BCUT2D eigenvalue weighted by molar-refractivity contribution is 5.79. The highest BCUT2D eigenvalue weighted by Crippen LogP contribution is 2.33. The fourth-order valence-corrected chi connectivity index (χ4v) is 1.91. The minimum Gasteiger partial charge on any atom is -0.497 e. The van der Waals surface area contributed by atoms with E-state index in [9.17, 15) is 0 Å². The number of ether oxygens (including phenoxy) is 2. The van der Waals surface area contributed by atoms with E-state index in [-0.39, 0.29) is 6.04 Å². The molecule has 1 aromatic carbocycles. The third-order valence-corrected chi connectivity index (χ3v) is 2.97. The van der Waals surface area contributed by atoms with Crippen molar-refractivity contribution >= 4 is 23.0 Å². The smallest absolute Gasteiger partial charge is 0.159 e. The molecule has 0 spiro atoms. The Morgan fingerprint density at radius 1 is 1.09 bits per heavy atom. The first kappa shape index (κ1) is 15.7. The van der Waals surface area contributed by atoms with Crippen LogP contribution >= 0.6 is 0 Å². The van der Waals surface area contributed by atoms with Gasteiger partial charge in [0, 0.05) is 12.1 Å². The molecule has 0 unspecified atom stereocenters. The van der Waals surface area contributed by atoms with Crippen molar-refractivity contribution in [3.05, 3.63) is 24.5 Å². The van der Waals surface area contributed by atoms with Gasteiger partial charge in [-0.05, 0) is 26.0 Å². The summed E-state index contributed by atoms with van der Waals surface area (Å²) in [6.07, 6.45) is 1.46. The zero-order valence-corrected chi connectivity index (χ0v) is 13.2. The number of aromatic nitrogens is 2. The largest absolute Gasteiger partial charge is 0.497 e. The molecule has 2 aromatic rings. The molecule has 118 valence electrons. The summed E-state index contributed by atoms with van der Waals surface area (Å²) in [5.74, 6) is 2.46. The van der Waals surface area contributed by atoms with E-state index in [2.05, 4.69) is 20.6 Å². The summed E-state index contributed by atoms with van der Waals surface area (Å²) in [7, 11) is 3.20. The van der Waals surface area contributed by atoms with Crippen LogP contribution in [0.4, 0.5) is 23.0 Å². The van der Waals surface area contributed by atoms with Gasteiger partial charge in [0.15, 0.2) is 11.6 Å². The summed E-state index contributed by atoms with van der Waals surface area (Å²) in [5, 5.41) is 6.34. The first-order valence-corrected chi connectivity index (χ1v) is 6.91. The summed E-state index contributed by atoms with van der Waals surface area (Å²) >= 11 is 0. The quantitative estimate of drug-likeness (QED) is 0.755. The summed E-state index contributed by atoms with van der Waals surface area (Å²) in [6.45, 7) is 4.03. The van der Waals surface area contributed by atoms with Crippen molar-refractivity contribution in [3.63, 3.8) is 0 Å².